The Labute approximate surface area is 125 Å². The quantitative estimate of drug-likeness (QED) is 0.686. The molecule has 2 rings (SSSR count). The molecule has 5 heteroatoms. The average molecular weight is 287 g/mol. The summed E-state index contributed by atoms with van der Waals surface area (Å²) < 4.78 is 4.73. The molecule has 1 heterocycles. The van der Waals surface area contributed by atoms with E-state index in [9.17, 15) is 4.79 Å². The van der Waals surface area contributed by atoms with Gasteiger partial charge in [-0.2, -0.15) is 5.10 Å². The van der Waals surface area contributed by atoms with Gasteiger partial charge in [-0.3, -0.25) is 0 Å². The Balaban J connectivity index is 2.16. The molecule has 21 heavy (non-hydrogen) atoms. The Hall–Kier alpha value is -2.30. The van der Waals surface area contributed by atoms with E-state index in [1.54, 1.807) is 13.1 Å². The van der Waals surface area contributed by atoms with Gasteiger partial charge >= 0.3 is 6.09 Å². The first-order chi connectivity index (χ1) is 9.98. The largest absolute Gasteiger partial charge is 0.449 e. The highest BCUT2D eigenvalue weighted by molar-refractivity contribution is 5.80. The Morgan fingerprint density at radius 3 is 2.81 bits per heavy atom. The predicted octanol–water partition coefficient (Wildman–Crippen LogP) is 3.03. The molecule has 1 N–H and O–H groups in total. The number of para-hydroxylation sites is 1. The molecule has 1 aromatic carbocycles. The van der Waals surface area contributed by atoms with Crippen molar-refractivity contribution in [2.45, 2.75) is 26.2 Å². The van der Waals surface area contributed by atoms with E-state index in [0.717, 1.165) is 5.70 Å². The number of fused-ring (bicyclic) bond motifs is 1. The van der Waals surface area contributed by atoms with E-state index in [1.807, 2.05) is 25.3 Å². The molecule has 0 saturated heterocycles. The van der Waals surface area contributed by atoms with Crippen LogP contribution in [0.3, 0.4) is 0 Å². The highest BCUT2D eigenvalue weighted by Crippen LogP contribution is 2.46. The van der Waals surface area contributed by atoms with E-state index in [1.165, 1.54) is 11.3 Å². The lowest BCUT2D eigenvalue weighted by molar-refractivity contribution is 0.152. The molecule has 0 spiro atoms. The van der Waals surface area contributed by atoms with E-state index >= 15 is 0 Å². The van der Waals surface area contributed by atoms with Gasteiger partial charge in [0.05, 0.1) is 6.61 Å². The Kier molecular flexibility index (Phi) is 4.31. The molecule has 1 aromatic rings. The van der Waals surface area contributed by atoms with Crippen LogP contribution in [0.4, 0.5) is 10.5 Å². The molecule has 0 atom stereocenters. The second kappa shape index (κ2) is 5.99. The van der Waals surface area contributed by atoms with Crippen molar-refractivity contribution < 1.29 is 9.53 Å². The molecule has 0 aromatic heterocycles. The third-order valence-electron chi connectivity index (χ3n) is 3.68. The number of nitrogens with zero attached hydrogens (tertiary/aromatic N) is 2. The fourth-order valence-corrected chi connectivity index (χ4v) is 2.66. The van der Waals surface area contributed by atoms with Crippen molar-refractivity contribution in [1.82, 2.24) is 5.43 Å². The minimum atomic E-state index is -0.547. The molecule has 5 nitrogen and oxygen atoms in total. The normalized spacial score (nSPS) is 18.1. The minimum Gasteiger partial charge on any atom is -0.449 e. The van der Waals surface area contributed by atoms with Crippen LogP contribution in [0.2, 0.25) is 0 Å². The average Bonchev–Trinajstić information content (AvgIpc) is 2.64. The summed E-state index contributed by atoms with van der Waals surface area (Å²) in [4.78, 5) is 13.3. The van der Waals surface area contributed by atoms with Crippen LogP contribution in [0.25, 0.3) is 0 Å². The number of likely N-dealkylation sites (N-methyl/N-ethyl adjacent to an activating group) is 1. The van der Waals surface area contributed by atoms with Gasteiger partial charge in [0.25, 0.3) is 0 Å². The molecular weight excluding hydrogens is 266 g/mol. The number of anilines is 1. The number of benzene rings is 1. The Morgan fingerprint density at radius 1 is 1.43 bits per heavy atom. The predicted molar refractivity (Wildman–Crippen MR) is 84.6 cm³/mol. The topological polar surface area (TPSA) is 53.9 Å². The first kappa shape index (κ1) is 15.1. The third kappa shape index (κ3) is 2.91. The zero-order valence-corrected chi connectivity index (χ0v) is 12.9. The van der Waals surface area contributed by atoms with Crippen LogP contribution in [-0.2, 0) is 10.2 Å². The summed E-state index contributed by atoms with van der Waals surface area (Å²) in [6.45, 7) is 6.42. The highest BCUT2D eigenvalue weighted by Gasteiger charge is 2.37. The SMILES string of the molecule is CCOC(=O)NN=CC=C1N(C)c2ccccc2C1(C)C. The van der Waals surface area contributed by atoms with Crippen molar-refractivity contribution in [2.24, 2.45) is 5.10 Å². The molecule has 0 fully saturated rings. The maximum Gasteiger partial charge on any atom is 0.427 e. The zero-order chi connectivity index (χ0) is 15.5. The van der Waals surface area contributed by atoms with Crippen LogP contribution in [-0.4, -0.2) is 26.0 Å². The summed E-state index contributed by atoms with van der Waals surface area (Å²) in [6.07, 6.45) is 2.94. The standard InChI is InChI=1S/C16H21N3O2/c1-5-21-15(20)18-17-11-10-14-16(2,3)12-8-6-7-9-13(12)19(14)4/h6-11H,5H2,1-4H3,(H,18,20). The number of rotatable bonds is 3. The fourth-order valence-electron chi connectivity index (χ4n) is 2.66. The van der Waals surface area contributed by atoms with Crippen molar-refractivity contribution in [2.75, 3.05) is 18.6 Å². The van der Waals surface area contributed by atoms with Crippen LogP contribution in [0.1, 0.15) is 26.3 Å². The fraction of sp³-hybridized carbons (Fsp3) is 0.375. The number of hydrogen-bond acceptors (Lipinski definition) is 4. The molecule has 0 aliphatic carbocycles. The first-order valence-corrected chi connectivity index (χ1v) is 6.98. The van der Waals surface area contributed by atoms with Gasteiger partial charge < -0.3 is 9.64 Å². The van der Waals surface area contributed by atoms with E-state index in [-0.39, 0.29) is 5.41 Å². The Bertz CT molecular complexity index is 591. The monoisotopic (exact) mass is 287 g/mol. The number of hydrazone groups is 1. The van der Waals surface area contributed by atoms with Crippen LogP contribution in [0.5, 0.6) is 0 Å². The van der Waals surface area contributed by atoms with E-state index < -0.39 is 6.09 Å². The van der Waals surface area contributed by atoms with E-state index in [2.05, 4.69) is 41.4 Å². The maximum absolute atomic E-state index is 11.1. The van der Waals surface area contributed by atoms with Gasteiger partial charge in [-0.1, -0.05) is 32.0 Å². The lowest BCUT2D eigenvalue weighted by Gasteiger charge is -2.23. The second-order valence-corrected chi connectivity index (χ2v) is 5.36. The summed E-state index contributed by atoms with van der Waals surface area (Å²) >= 11 is 0. The smallest absolute Gasteiger partial charge is 0.427 e. The lowest BCUT2D eigenvalue weighted by atomic mass is 9.84. The first-order valence-electron chi connectivity index (χ1n) is 6.98. The maximum atomic E-state index is 11.1. The van der Waals surface area contributed by atoms with Gasteiger partial charge in [0.15, 0.2) is 0 Å². The number of nitrogens with one attached hydrogen (secondary N) is 1. The number of carbonyl (C=O) groups excluding carboxylic acids is 1. The van der Waals surface area contributed by atoms with Crippen LogP contribution in [0.15, 0.2) is 41.1 Å². The summed E-state index contributed by atoms with van der Waals surface area (Å²) in [5, 5.41) is 3.86. The van der Waals surface area contributed by atoms with E-state index in [4.69, 9.17) is 4.74 Å². The van der Waals surface area contributed by atoms with Gasteiger partial charge in [0, 0.05) is 30.1 Å². The van der Waals surface area contributed by atoms with Crippen molar-refractivity contribution in [1.29, 1.82) is 0 Å². The zero-order valence-electron chi connectivity index (χ0n) is 12.9. The third-order valence-corrected chi connectivity index (χ3v) is 3.68. The number of carbonyl (C=O) groups is 1. The van der Waals surface area contributed by atoms with Crippen molar-refractivity contribution >= 4 is 18.0 Å². The van der Waals surface area contributed by atoms with Gasteiger partial charge in [-0.05, 0) is 24.6 Å². The van der Waals surface area contributed by atoms with Gasteiger partial charge in [0.2, 0.25) is 0 Å². The molecule has 0 radical (unpaired) electrons. The molecule has 112 valence electrons. The number of ether oxygens (including phenoxy) is 1. The van der Waals surface area contributed by atoms with Crippen molar-refractivity contribution in [3.05, 3.63) is 41.6 Å². The Morgan fingerprint density at radius 2 is 2.14 bits per heavy atom. The molecule has 0 unspecified atom stereocenters. The number of allylic oxidation sites excluding steroid dienone is 2. The van der Waals surface area contributed by atoms with Crippen LogP contribution in [0, 0.1) is 0 Å². The number of amides is 1. The molecule has 1 amide bonds. The van der Waals surface area contributed by atoms with Gasteiger partial charge in [-0.25, -0.2) is 10.2 Å². The van der Waals surface area contributed by atoms with Crippen LogP contribution >= 0.6 is 0 Å². The molecule has 0 bridgehead atoms. The minimum absolute atomic E-state index is 0.0959. The van der Waals surface area contributed by atoms with Crippen LogP contribution < -0.4 is 10.3 Å². The van der Waals surface area contributed by atoms with Gasteiger partial charge in [0.1, 0.15) is 0 Å². The summed E-state index contributed by atoms with van der Waals surface area (Å²) in [7, 11) is 2.03. The molecular formula is C16H21N3O2. The highest BCUT2D eigenvalue weighted by atomic mass is 16.5. The molecule has 1 aliphatic heterocycles. The van der Waals surface area contributed by atoms with E-state index in [0.29, 0.717) is 6.61 Å². The summed E-state index contributed by atoms with van der Waals surface area (Å²) in [6, 6.07) is 8.32. The van der Waals surface area contributed by atoms with Crippen molar-refractivity contribution in [3.63, 3.8) is 0 Å². The summed E-state index contributed by atoms with van der Waals surface area (Å²) in [5.74, 6) is 0. The van der Waals surface area contributed by atoms with Gasteiger partial charge in [-0.15, -0.1) is 0 Å². The second-order valence-electron chi connectivity index (χ2n) is 5.36. The lowest BCUT2D eigenvalue weighted by Crippen LogP contribution is -2.23. The summed E-state index contributed by atoms with van der Waals surface area (Å²) in [5.41, 5.74) is 5.82. The van der Waals surface area contributed by atoms with Crippen molar-refractivity contribution in [3.8, 4) is 0 Å². The number of hydrogen-bond donors (Lipinski definition) is 1. The molecule has 0 saturated carbocycles. The molecule has 1 aliphatic rings.